The van der Waals surface area contributed by atoms with Gasteiger partial charge in [0.2, 0.25) is 5.89 Å². The molecule has 0 amide bonds. The Bertz CT molecular complexity index is 1070. The number of aliphatic carboxylic acids is 1. The zero-order valence-corrected chi connectivity index (χ0v) is 17.0. The van der Waals surface area contributed by atoms with Gasteiger partial charge in [-0.25, -0.2) is 13.4 Å². The predicted molar refractivity (Wildman–Crippen MR) is 106 cm³/mol. The summed E-state index contributed by atoms with van der Waals surface area (Å²) < 4.78 is 33.7. The molecule has 0 radical (unpaired) electrons. The molecule has 3 aromatic rings. The Hall–Kier alpha value is -2.49. The van der Waals surface area contributed by atoms with Crippen molar-refractivity contribution in [2.45, 2.75) is 36.4 Å². The smallest absolute Gasteiger partial charge is 0.325 e. The van der Waals surface area contributed by atoms with Crippen molar-refractivity contribution in [3.05, 3.63) is 60.0 Å². The minimum atomic E-state index is -4.06. The van der Waals surface area contributed by atoms with Crippen molar-refractivity contribution in [3.8, 4) is 10.8 Å². The van der Waals surface area contributed by atoms with E-state index in [-0.39, 0.29) is 17.1 Å². The molecule has 0 bridgehead atoms. The summed E-state index contributed by atoms with van der Waals surface area (Å²) in [7, 11) is -4.06. The number of sulfonamides is 1. The number of carboxylic acid groups (broad SMARTS) is 1. The minimum absolute atomic E-state index is 0.00508. The lowest BCUT2D eigenvalue weighted by molar-refractivity contribution is -0.144. The van der Waals surface area contributed by atoms with Crippen molar-refractivity contribution in [2.24, 2.45) is 0 Å². The van der Waals surface area contributed by atoms with E-state index in [2.05, 4.69) is 9.71 Å². The first kappa shape index (κ1) is 20.2. The maximum Gasteiger partial charge on any atom is 0.325 e. The molecule has 0 saturated heterocycles. The third-order valence-corrected chi connectivity index (χ3v) is 7.47. The predicted octanol–water partition coefficient (Wildman–Crippen LogP) is 3.47. The molecule has 1 aromatic carbocycles. The van der Waals surface area contributed by atoms with Crippen LogP contribution in [0.2, 0.25) is 0 Å². The van der Waals surface area contributed by atoms with Crippen molar-refractivity contribution >= 4 is 27.3 Å². The Kier molecular flexibility index (Phi) is 5.69. The average Bonchev–Trinajstić information content (AvgIpc) is 3.31. The van der Waals surface area contributed by atoms with Crippen molar-refractivity contribution in [1.82, 2.24) is 9.71 Å². The van der Waals surface area contributed by atoms with Gasteiger partial charge in [0.25, 0.3) is 10.0 Å². The largest absolute Gasteiger partial charge is 0.480 e. The molecule has 7 nitrogen and oxygen atoms in total. The van der Waals surface area contributed by atoms with E-state index in [9.17, 15) is 18.3 Å². The summed E-state index contributed by atoms with van der Waals surface area (Å²) in [6.07, 6.45) is 1.68. The van der Waals surface area contributed by atoms with Gasteiger partial charge < -0.3 is 9.52 Å². The fourth-order valence-corrected chi connectivity index (χ4v) is 5.47. The highest BCUT2D eigenvalue weighted by Crippen LogP contribution is 2.31. The topological polar surface area (TPSA) is 110 Å². The summed E-state index contributed by atoms with van der Waals surface area (Å²) in [5, 5.41) is 9.83. The van der Waals surface area contributed by atoms with Crippen molar-refractivity contribution in [3.63, 3.8) is 0 Å². The van der Waals surface area contributed by atoms with Gasteiger partial charge in [-0.15, -0.1) is 11.3 Å². The molecule has 0 saturated carbocycles. The Morgan fingerprint density at radius 3 is 2.54 bits per heavy atom. The van der Waals surface area contributed by atoms with Gasteiger partial charge in [-0.1, -0.05) is 37.3 Å². The van der Waals surface area contributed by atoms with Gasteiger partial charge in [0.15, 0.2) is 0 Å². The number of oxazole rings is 1. The maximum absolute atomic E-state index is 12.9. The summed E-state index contributed by atoms with van der Waals surface area (Å²) in [4.78, 5) is 16.7. The molecule has 0 unspecified atom stereocenters. The molecule has 0 spiro atoms. The molecule has 9 heteroatoms. The van der Waals surface area contributed by atoms with Crippen LogP contribution in [0.5, 0.6) is 0 Å². The fraction of sp³-hybridized carbons (Fsp3) is 0.263. The lowest BCUT2D eigenvalue weighted by atomic mass is 9.89. The lowest BCUT2D eigenvalue weighted by Gasteiger charge is -2.29. The van der Waals surface area contributed by atoms with E-state index in [1.165, 1.54) is 6.07 Å². The van der Waals surface area contributed by atoms with Gasteiger partial charge in [0.1, 0.15) is 15.5 Å². The second kappa shape index (κ2) is 7.86. The Morgan fingerprint density at radius 1 is 1.25 bits per heavy atom. The highest BCUT2D eigenvalue weighted by atomic mass is 32.2. The van der Waals surface area contributed by atoms with E-state index in [1.54, 1.807) is 50.4 Å². The number of hydrogen-bond donors (Lipinski definition) is 2. The highest BCUT2D eigenvalue weighted by molar-refractivity contribution is 7.91. The minimum Gasteiger partial charge on any atom is -0.480 e. The van der Waals surface area contributed by atoms with Crippen LogP contribution in [-0.4, -0.2) is 30.0 Å². The fourth-order valence-electron chi connectivity index (χ4n) is 2.80. The summed E-state index contributed by atoms with van der Waals surface area (Å²) >= 11 is 0.976. The van der Waals surface area contributed by atoms with Crippen LogP contribution in [0.4, 0.5) is 0 Å². The number of benzene rings is 1. The van der Waals surface area contributed by atoms with Crippen LogP contribution in [0, 0.1) is 6.92 Å². The first-order valence-electron chi connectivity index (χ1n) is 8.60. The van der Waals surface area contributed by atoms with E-state index in [4.69, 9.17) is 4.42 Å². The number of thiophene rings is 1. The van der Waals surface area contributed by atoms with E-state index >= 15 is 0 Å². The van der Waals surface area contributed by atoms with E-state index < -0.39 is 21.5 Å². The number of hydrogen-bond acceptors (Lipinski definition) is 6. The van der Waals surface area contributed by atoms with Gasteiger partial charge in [-0.3, -0.25) is 4.79 Å². The lowest BCUT2D eigenvalue weighted by Crippen LogP contribution is -2.55. The Morgan fingerprint density at radius 2 is 1.96 bits per heavy atom. The number of nitrogens with zero attached hydrogens (tertiary/aromatic N) is 1. The third kappa shape index (κ3) is 4.16. The van der Waals surface area contributed by atoms with Crippen LogP contribution in [0.15, 0.2) is 57.3 Å². The van der Waals surface area contributed by atoms with Crippen molar-refractivity contribution < 1.29 is 22.7 Å². The first-order valence-corrected chi connectivity index (χ1v) is 10.9. The summed E-state index contributed by atoms with van der Waals surface area (Å²) in [5.74, 6) is -0.277. The number of nitrogens with one attached hydrogen (secondary N) is 1. The molecule has 28 heavy (non-hydrogen) atoms. The van der Waals surface area contributed by atoms with Crippen LogP contribution in [0.3, 0.4) is 0 Å². The zero-order chi connectivity index (χ0) is 20.4. The Labute approximate surface area is 167 Å². The van der Waals surface area contributed by atoms with Crippen LogP contribution in [0.1, 0.15) is 24.7 Å². The van der Waals surface area contributed by atoms with E-state index in [0.29, 0.717) is 16.5 Å². The standard InChI is InChI=1S/C19H20N2O5S2/c1-3-19(18(22)23,11-14-7-5-4-6-8-14)21-28(24,25)16-10-9-15(27-16)17-20-12-13(2)26-17/h4-10,12,21H,3,11H2,1-2H3,(H,22,23)/t19-/m0/s1. The molecule has 0 aliphatic carbocycles. The van der Waals surface area contributed by atoms with Crippen molar-refractivity contribution in [1.29, 1.82) is 0 Å². The van der Waals surface area contributed by atoms with Gasteiger partial charge >= 0.3 is 5.97 Å². The molecule has 3 rings (SSSR count). The zero-order valence-electron chi connectivity index (χ0n) is 15.4. The number of rotatable bonds is 8. The first-order chi connectivity index (χ1) is 13.3. The summed E-state index contributed by atoms with van der Waals surface area (Å²) in [6.45, 7) is 3.39. The number of aromatic nitrogens is 1. The molecule has 0 fully saturated rings. The number of carboxylic acids is 1. The second-order valence-electron chi connectivity index (χ2n) is 6.40. The van der Waals surface area contributed by atoms with E-state index in [0.717, 1.165) is 16.9 Å². The van der Waals surface area contributed by atoms with Gasteiger partial charge in [-0.2, -0.15) is 4.72 Å². The highest BCUT2D eigenvalue weighted by Gasteiger charge is 2.41. The molecule has 0 aliphatic heterocycles. The molecule has 2 aromatic heterocycles. The second-order valence-corrected chi connectivity index (χ2v) is 9.40. The average molecular weight is 421 g/mol. The van der Waals surface area contributed by atoms with Crippen LogP contribution >= 0.6 is 11.3 Å². The number of aryl methyl sites for hydroxylation is 1. The van der Waals surface area contributed by atoms with E-state index in [1.807, 2.05) is 6.07 Å². The SMILES string of the molecule is CC[C@@](Cc1ccccc1)(NS(=O)(=O)c1ccc(-c2ncc(C)o2)s1)C(=O)O. The Balaban J connectivity index is 1.91. The molecule has 2 N–H and O–H groups in total. The quantitative estimate of drug-likeness (QED) is 0.577. The number of carbonyl (C=O) groups is 1. The monoisotopic (exact) mass is 420 g/mol. The third-order valence-electron chi connectivity index (χ3n) is 4.37. The summed E-state index contributed by atoms with van der Waals surface area (Å²) in [5.41, 5.74) is -0.916. The van der Waals surface area contributed by atoms with Crippen molar-refractivity contribution in [2.75, 3.05) is 0 Å². The molecule has 2 heterocycles. The van der Waals surface area contributed by atoms with Crippen LogP contribution in [-0.2, 0) is 21.2 Å². The molecule has 0 aliphatic rings. The van der Waals surface area contributed by atoms with Crippen LogP contribution < -0.4 is 4.72 Å². The molecular formula is C19H20N2O5S2. The normalized spacial score (nSPS) is 13.9. The van der Waals surface area contributed by atoms with Gasteiger partial charge in [0.05, 0.1) is 11.1 Å². The molecular weight excluding hydrogens is 400 g/mol. The molecule has 148 valence electrons. The maximum atomic E-state index is 12.9. The van der Waals surface area contributed by atoms with Gasteiger partial charge in [-0.05, 0) is 31.0 Å². The molecule has 1 atom stereocenters. The summed E-state index contributed by atoms with van der Waals surface area (Å²) in [6, 6.07) is 12.0. The van der Waals surface area contributed by atoms with Gasteiger partial charge in [0, 0.05) is 6.42 Å². The van der Waals surface area contributed by atoms with Crippen LogP contribution in [0.25, 0.3) is 10.8 Å².